The molecule has 0 N–H and O–H groups in total. The lowest BCUT2D eigenvalue weighted by atomic mass is 10.2. The number of rotatable bonds is 9. The number of thioether (sulfide) groups is 1. The molecule has 0 bridgehead atoms. The summed E-state index contributed by atoms with van der Waals surface area (Å²) in [6, 6.07) is 9.20. The minimum absolute atomic E-state index is 0.0374. The van der Waals surface area contributed by atoms with Crippen molar-refractivity contribution in [3.8, 4) is 11.5 Å². The molecule has 1 heterocycles. The molecule has 0 radical (unpaired) electrons. The highest BCUT2D eigenvalue weighted by atomic mass is 32.2. The molecule has 4 nitrogen and oxygen atoms in total. The van der Waals surface area contributed by atoms with Crippen LogP contribution < -0.4 is 9.47 Å². The highest BCUT2D eigenvalue weighted by Gasteiger charge is 2.30. The molecule has 3 rings (SSSR count). The third-order valence-corrected chi connectivity index (χ3v) is 5.56. The quantitative estimate of drug-likeness (QED) is 0.308. The van der Waals surface area contributed by atoms with Crippen molar-refractivity contribution in [1.82, 2.24) is 0 Å². The van der Waals surface area contributed by atoms with Crippen LogP contribution in [-0.2, 0) is 15.7 Å². The van der Waals surface area contributed by atoms with Crippen molar-refractivity contribution in [1.29, 1.82) is 0 Å². The molecule has 0 spiro atoms. The summed E-state index contributed by atoms with van der Waals surface area (Å²) in [7, 11) is 0. The summed E-state index contributed by atoms with van der Waals surface area (Å²) in [6.07, 6.45) is -6.98. The molecule has 1 aliphatic heterocycles. The molecule has 0 aromatic heterocycles. The van der Waals surface area contributed by atoms with Gasteiger partial charge in [-0.2, -0.15) is 22.0 Å². The molecule has 1 fully saturated rings. The van der Waals surface area contributed by atoms with Crippen LogP contribution >= 0.6 is 11.8 Å². The summed E-state index contributed by atoms with van der Waals surface area (Å²) >= 11 is 1.19. The largest absolute Gasteiger partial charge is 0.489 e. The van der Waals surface area contributed by atoms with E-state index in [1.54, 1.807) is 19.1 Å². The van der Waals surface area contributed by atoms with E-state index in [-0.39, 0.29) is 30.0 Å². The maximum Gasteiger partial charge on any atom is 0.416 e. The third-order valence-electron chi connectivity index (χ3n) is 4.48. The second-order valence-corrected chi connectivity index (χ2v) is 8.02. The molecule has 2 aromatic carbocycles. The highest BCUT2D eigenvalue weighted by Crippen LogP contribution is 2.31. The summed E-state index contributed by atoms with van der Waals surface area (Å²) in [5, 5.41) is 0. The average molecular weight is 476 g/mol. The van der Waals surface area contributed by atoms with Gasteiger partial charge in [0.05, 0.1) is 5.56 Å². The smallest absolute Gasteiger partial charge is 0.416 e. The number of hydrogen-bond acceptors (Lipinski definition) is 5. The van der Waals surface area contributed by atoms with E-state index in [0.29, 0.717) is 5.75 Å². The third kappa shape index (κ3) is 6.85. The first kappa shape index (κ1) is 24.3. The minimum Gasteiger partial charge on any atom is -0.489 e. The van der Waals surface area contributed by atoms with Gasteiger partial charge in [0.2, 0.25) is 0 Å². The van der Waals surface area contributed by atoms with Crippen LogP contribution in [0.25, 0.3) is 0 Å². The molecule has 1 saturated heterocycles. The summed E-state index contributed by atoms with van der Waals surface area (Å²) in [5.41, 5.74) is -0.256. The van der Waals surface area contributed by atoms with Gasteiger partial charge in [0.15, 0.2) is 12.6 Å². The van der Waals surface area contributed by atoms with Crippen molar-refractivity contribution in [2.75, 3.05) is 19.0 Å². The van der Waals surface area contributed by atoms with E-state index >= 15 is 0 Å². The molecule has 0 saturated carbocycles. The number of alkyl halides is 3. The van der Waals surface area contributed by atoms with Gasteiger partial charge in [0.25, 0.3) is 6.08 Å². The molecule has 32 heavy (non-hydrogen) atoms. The molecule has 0 aliphatic carbocycles. The van der Waals surface area contributed by atoms with Gasteiger partial charge in [-0.05, 0) is 61.9 Å². The minimum atomic E-state index is -4.47. The van der Waals surface area contributed by atoms with E-state index in [1.165, 1.54) is 11.8 Å². The Hall–Kier alpha value is -2.30. The zero-order chi connectivity index (χ0) is 23.3. The van der Waals surface area contributed by atoms with Crippen molar-refractivity contribution in [3.05, 3.63) is 65.2 Å². The maximum absolute atomic E-state index is 13.3. The first-order valence-corrected chi connectivity index (χ1v) is 10.6. The topological polar surface area (TPSA) is 36.9 Å². The van der Waals surface area contributed by atoms with Crippen molar-refractivity contribution in [2.24, 2.45) is 0 Å². The molecule has 0 atom stereocenters. The molecule has 0 amide bonds. The lowest BCUT2D eigenvalue weighted by Gasteiger charge is -2.33. The van der Waals surface area contributed by atoms with Gasteiger partial charge in [0, 0.05) is 16.2 Å². The predicted octanol–water partition coefficient (Wildman–Crippen LogP) is 6.43. The van der Waals surface area contributed by atoms with Crippen LogP contribution in [-0.4, -0.2) is 31.5 Å². The number of hydrogen-bond donors (Lipinski definition) is 0. The Kier molecular flexibility index (Phi) is 8.02. The monoisotopic (exact) mass is 476 g/mol. The van der Waals surface area contributed by atoms with Crippen LogP contribution in [0.4, 0.5) is 22.0 Å². The van der Waals surface area contributed by atoms with E-state index in [4.69, 9.17) is 18.9 Å². The fourth-order valence-corrected chi connectivity index (χ4v) is 3.74. The average Bonchev–Trinajstić information content (AvgIpc) is 2.70. The number of benzene rings is 2. The van der Waals surface area contributed by atoms with Gasteiger partial charge >= 0.3 is 6.18 Å². The van der Waals surface area contributed by atoms with Crippen LogP contribution in [0.1, 0.15) is 18.1 Å². The van der Waals surface area contributed by atoms with Crippen molar-refractivity contribution in [2.45, 2.75) is 37.5 Å². The Labute approximate surface area is 186 Å². The Morgan fingerprint density at radius 2 is 1.72 bits per heavy atom. The zero-order valence-corrected chi connectivity index (χ0v) is 18.1. The lowest BCUT2D eigenvalue weighted by Crippen LogP contribution is -2.42. The van der Waals surface area contributed by atoms with E-state index in [1.807, 2.05) is 13.0 Å². The van der Waals surface area contributed by atoms with Gasteiger partial charge in [-0.3, -0.25) is 0 Å². The number of aryl methyl sites for hydroxylation is 1. The SMILES string of the molecule is Cc1cc(SCC(COc2ccc(C(F)(F)F)cc2)=C(F)F)ccc1OCC1OC(C)O1. The van der Waals surface area contributed by atoms with E-state index in [2.05, 4.69) is 0 Å². The van der Waals surface area contributed by atoms with Crippen LogP contribution in [0.5, 0.6) is 11.5 Å². The van der Waals surface area contributed by atoms with Gasteiger partial charge in [0.1, 0.15) is 24.7 Å². The van der Waals surface area contributed by atoms with Gasteiger partial charge in [-0.25, -0.2) is 0 Å². The molecular weight excluding hydrogens is 455 g/mol. The van der Waals surface area contributed by atoms with E-state index < -0.39 is 30.7 Å². The Balaban J connectivity index is 1.51. The van der Waals surface area contributed by atoms with Crippen LogP contribution in [0.2, 0.25) is 0 Å². The molecule has 0 unspecified atom stereocenters. The van der Waals surface area contributed by atoms with E-state index in [9.17, 15) is 22.0 Å². The van der Waals surface area contributed by atoms with Gasteiger partial charge in [-0.1, -0.05) is 0 Å². The van der Waals surface area contributed by atoms with Gasteiger partial charge < -0.3 is 18.9 Å². The molecule has 2 aromatic rings. The van der Waals surface area contributed by atoms with Crippen LogP contribution in [0.15, 0.2) is 59.0 Å². The van der Waals surface area contributed by atoms with E-state index in [0.717, 1.165) is 34.7 Å². The second-order valence-electron chi connectivity index (χ2n) is 6.97. The predicted molar refractivity (Wildman–Crippen MR) is 109 cm³/mol. The van der Waals surface area contributed by atoms with Gasteiger partial charge in [-0.15, -0.1) is 11.8 Å². The summed E-state index contributed by atoms with van der Waals surface area (Å²) in [4.78, 5) is 0.757. The summed E-state index contributed by atoms with van der Waals surface area (Å²) < 4.78 is 85.9. The Morgan fingerprint density at radius 1 is 1.03 bits per heavy atom. The fourth-order valence-electron chi connectivity index (χ4n) is 2.78. The van der Waals surface area contributed by atoms with Crippen molar-refractivity contribution >= 4 is 11.8 Å². The standard InChI is InChI=1S/C22H21F5O4S/c1-13-9-18(7-8-19(13)29-11-20-30-14(2)31-20)32-12-15(21(23)24)10-28-17-5-3-16(4-6-17)22(25,26)27/h3-9,14,20H,10-12H2,1-2H3. The fraction of sp³-hybridized carbons (Fsp3) is 0.364. The molecular formula is C22H21F5O4S. The first-order valence-electron chi connectivity index (χ1n) is 9.62. The van der Waals surface area contributed by atoms with Crippen molar-refractivity contribution < 1.29 is 40.9 Å². The molecule has 174 valence electrons. The highest BCUT2D eigenvalue weighted by molar-refractivity contribution is 7.99. The normalized spacial score (nSPS) is 18.1. The molecule has 1 aliphatic rings. The van der Waals surface area contributed by atoms with Crippen LogP contribution in [0, 0.1) is 6.92 Å². The second kappa shape index (κ2) is 10.5. The zero-order valence-electron chi connectivity index (χ0n) is 17.2. The maximum atomic E-state index is 13.3. The Morgan fingerprint density at radius 3 is 2.28 bits per heavy atom. The first-order chi connectivity index (χ1) is 15.1. The number of halogens is 5. The van der Waals surface area contributed by atoms with Crippen LogP contribution in [0.3, 0.4) is 0 Å². The molecule has 10 heteroatoms. The number of ether oxygens (including phenoxy) is 4. The lowest BCUT2D eigenvalue weighted by molar-refractivity contribution is -0.380. The Bertz CT molecular complexity index is 936. The summed E-state index contributed by atoms with van der Waals surface area (Å²) in [6.45, 7) is 3.44. The summed E-state index contributed by atoms with van der Waals surface area (Å²) in [5.74, 6) is 0.677. The van der Waals surface area contributed by atoms with Crippen molar-refractivity contribution in [3.63, 3.8) is 0 Å².